The van der Waals surface area contributed by atoms with Crippen molar-refractivity contribution in [1.29, 1.82) is 0 Å². The molecule has 0 heterocycles. The molecule has 24 heteroatoms. The van der Waals surface area contributed by atoms with E-state index in [1.807, 2.05) is 0 Å². The number of carbonyl (C=O) groups excluding carboxylic acids is 9. The molecule has 0 aromatic heterocycles. The Morgan fingerprint density at radius 2 is 1.05 bits per heavy atom. The summed E-state index contributed by atoms with van der Waals surface area (Å²) in [7, 11) is 0. The second kappa shape index (κ2) is 26.7. The number of aliphatic hydroxyl groups excluding tert-OH is 1. The highest BCUT2D eigenvalue weighted by atomic mass is 16.4. The van der Waals surface area contributed by atoms with Crippen molar-refractivity contribution >= 4 is 59.1 Å². The number of primary amides is 3. The molecular weight excluding hydrogens is 818 g/mol. The van der Waals surface area contributed by atoms with Crippen LogP contribution in [0.25, 0.3) is 0 Å². The van der Waals surface area contributed by atoms with E-state index in [1.54, 1.807) is 0 Å². The van der Waals surface area contributed by atoms with Crippen LogP contribution in [0.5, 0.6) is 5.75 Å². The zero-order valence-corrected chi connectivity index (χ0v) is 34.9. The van der Waals surface area contributed by atoms with Crippen molar-refractivity contribution in [2.24, 2.45) is 34.6 Å². The minimum absolute atomic E-state index is 0.122. The number of carboxylic acid groups (broad SMARTS) is 1. The van der Waals surface area contributed by atoms with Crippen LogP contribution in [-0.2, 0) is 54.4 Å². The van der Waals surface area contributed by atoms with Crippen LogP contribution < -0.4 is 60.6 Å². The summed E-state index contributed by atoms with van der Waals surface area (Å²) in [6, 6.07) is -5.29. The molecule has 0 unspecified atom stereocenters. The van der Waals surface area contributed by atoms with Crippen molar-refractivity contribution in [2.75, 3.05) is 6.54 Å². The largest absolute Gasteiger partial charge is 0.508 e. The molecule has 0 radical (unpaired) electrons. The minimum Gasteiger partial charge on any atom is -0.508 e. The predicted molar refractivity (Wildman–Crippen MR) is 219 cm³/mol. The zero-order valence-electron chi connectivity index (χ0n) is 34.9. The lowest BCUT2D eigenvalue weighted by Gasteiger charge is -2.29. The van der Waals surface area contributed by atoms with Crippen LogP contribution in [0, 0.1) is 5.92 Å². The second-order valence-corrected chi connectivity index (χ2v) is 15.0. The van der Waals surface area contributed by atoms with Gasteiger partial charge < -0.3 is 75.9 Å². The Morgan fingerprint density at radius 1 is 0.581 bits per heavy atom. The van der Waals surface area contributed by atoms with E-state index in [9.17, 15) is 63.3 Å². The summed E-state index contributed by atoms with van der Waals surface area (Å²) in [6.07, 6.45) is -2.87. The number of aromatic hydroxyl groups is 1. The summed E-state index contributed by atoms with van der Waals surface area (Å²) in [5, 5.41) is 43.7. The first-order chi connectivity index (χ1) is 29.0. The van der Waals surface area contributed by atoms with E-state index in [0.717, 1.165) is 6.92 Å². The van der Waals surface area contributed by atoms with Gasteiger partial charge in [-0.05, 0) is 62.8 Å². The Bertz CT molecular complexity index is 1740. The van der Waals surface area contributed by atoms with E-state index in [-0.39, 0.29) is 31.4 Å². The standard InChI is InChI=1S/C38H61N11O13/c1-18(2)30(36(59)49-31(19(3)50)37(60)45-24(38(61)62)12-14-28(42)53)48-35(58)26(17-29(43)54)47-34(57)25(16-20-7-9-21(51)10-8-20)46-33(56)23(11-13-27(41)52)44-32(55)22(40)6-4-5-15-39/h7-10,18-19,22-26,30-31,50-51H,4-6,11-17,39-40H2,1-3H3,(H2,41,52)(H2,42,53)(H2,43,54)(H,44,55)(H,45,60)(H,46,56)(H,47,57)(H,48,58)(H,49,59)(H,61,62)/t19-,22+,23+,24+,25+,26+,30+,31+/m1/s1. The first-order valence-corrected chi connectivity index (χ1v) is 19.8. The van der Waals surface area contributed by atoms with Crippen LogP contribution in [0.1, 0.15) is 77.7 Å². The normalized spacial score (nSPS) is 14.9. The summed E-state index contributed by atoms with van der Waals surface area (Å²) in [4.78, 5) is 128. The highest BCUT2D eigenvalue weighted by molar-refractivity contribution is 5.98. The smallest absolute Gasteiger partial charge is 0.326 e. The summed E-state index contributed by atoms with van der Waals surface area (Å²) in [6.45, 7) is 4.45. The average molecular weight is 880 g/mol. The van der Waals surface area contributed by atoms with Crippen molar-refractivity contribution in [2.45, 2.75) is 127 Å². The molecule has 0 saturated carbocycles. The average Bonchev–Trinajstić information content (AvgIpc) is 3.18. The number of benzene rings is 1. The molecule has 0 spiro atoms. The second-order valence-electron chi connectivity index (χ2n) is 15.0. The van der Waals surface area contributed by atoms with Crippen LogP contribution in [0.3, 0.4) is 0 Å². The lowest BCUT2D eigenvalue weighted by Crippen LogP contribution is -2.62. The van der Waals surface area contributed by atoms with Gasteiger partial charge in [-0.25, -0.2) is 4.79 Å². The van der Waals surface area contributed by atoms with E-state index >= 15 is 0 Å². The third-order valence-electron chi connectivity index (χ3n) is 9.27. The topological polar surface area (TPSA) is 434 Å². The number of aliphatic hydroxyl groups is 1. The fraction of sp³-hybridized carbons (Fsp3) is 0.579. The van der Waals surface area contributed by atoms with Gasteiger partial charge >= 0.3 is 5.97 Å². The SMILES string of the molecule is CC(C)[C@H](NC(=O)[C@H](CC(N)=O)NC(=O)[C@H](Cc1ccc(O)cc1)NC(=O)[C@H](CCC(N)=O)NC(=O)[C@@H](N)CCCCN)C(=O)N[C@H](C(=O)N[C@@H](CCC(N)=O)C(=O)O)[C@@H](C)O. The van der Waals surface area contributed by atoms with Gasteiger partial charge in [-0.1, -0.05) is 32.4 Å². The molecular formula is C38H61N11O13. The number of phenols is 1. The van der Waals surface area contributed by atoms with Crippen molar-refractivity contribution in [3.63, 3.8) is 0 Å². The Hall–Kier alpha value is -6.40. The number of carbonyl (C=O) groups is 10. The molecule has 0 saturated heterocycles. The number of amides is 9. The Balaban J connectivity index is 3.42. The highest BCUT2D eigenvalue weighted by Gasteiger charge is 2.36. The van der Waals surface area contributed by atoms with Gasteiger partial charge in [0.15, 0.2) is 0 Å². The van der Waals surface area contributed by atoms with E-state index in [1.165, 1.54) is 38.1 Å². The Morgan fingerprint density at radius 3 is 1.55 bits per heavy atom. The molecule has 62 heavy (non-hydrogen) atoms. The number of nitrogens with one attached hydrogen (secondary N) is 6. The van der Waals surface area contributed by atoms with Gasteiger partial charge in [0.1, 0.15) is 42.0 Å². The molecule has 24 nitrogen and oxygen atoms in total. The number of aliphatic carboxylic acids is 1. The van der Waals surface area contributed by atoms with Crippen molar-refractivity contribution in [3.8, 4) is 5.75 Å². The number of phenolic OH excluding ortho intramolecular Hbond substituents is 1. The summed E-state index contributed by atoms with van der Waals surface area (Å²) in [5.41, 5.74) is 27.7. The third-order valence-corrected chi connectivity index (χ3v) is 9.27. The highest BCUT2D eigenvalue weighted by Crippen LogP contribution is 2.13. The molecule has 9 amide bonds. The lowest BCUT2D eigenvalue weighted by atomic mass is 10.0. The summed E-state index contributed by atoms with van der Waals surface area (Å²) in [5.74, 6) is -11.2. The molecule has 8 atom stereocenters. The fourth-order valence-electron chi connectivity index (χ4n) is 5.75. The maximum atomic E-state index is 14.0. The van der Waals surface area contributed by atoms with Crippen molar-refractivity contribution in [3.05, 3.63) is 29.8 Å². The molecule has 0 aliphatic carbocycles. The number of unbranched alkanes of at least 4 members (excludes halogenated alkanes) is 1. The maximum absolute atomic E-state index is 14.0. The molecule has 0 bridgehead atoms. The molecule has 0 aliphatic heterocycles. The van der Waals surface area contributed by atoms with Gasteiger partial charge in [0.05, 0.1) is 18.6 Å². The molecule has 346 valence electrons. The van der Waals surface area contributed by atoms with Crippen LogP contribution in [-0.4, -0.2) is 129 Å². The molecule has 1 aromatic rings. The summed E-state index contributed by atoms with van der Waals surface area (Å²) >= 11 is 0. The summed E-state index contributed by atoms with van der Waals surface area (Å²) < 4.78 is 0. The number of rotatable bonds is 29. The number of hydrogen-bond acceptors (Lipinski definition) is 14. The van der Waals surface area contributed by atoms with Crippen LogP contribution in [0.15, 0.2) is 24.3 Å². The molecule has 0 fully saturated rings. The quantitative estimate of drug-likeness (QED) is 0.0335. The lowest BCUT2D eigenvalue weighted by molar-refractivity contribution is -0.143. The monoisotopic (exact) mass is 879 g/mol. The maximum Gasteiger partial charge on any atom is 0.326 e. The third kappa shape index (κ3) is 19.8. The number of carboxylic acids is 1. The van der Waals surface area contributed by atoms with Crippen molar-refractivity contribution < 1.29 is 63.3 Å². The van der Waals surface area contributed by atoms with E-state index in [4.69, 9.17) is 28.7 Å². The molecule has 0 aliphatic rings. The van der Waals surface area contributed by atoms with Gasteiger partial charge in [0, 0.05) is 19.3 Å². The first kappa shape index (κ1) is 53.6. The number of hydrogen-bond donors (Lipinski definition) is 14. The van der Waals surface area contributed by atoms with Crippen LogP contribution in [0.4, 0.5) is 0 Å². The van der Waals surface area contributed by atoms with Crippen molar-refractivity contribution in [1.82, 2.24) is 31.9 Å². The number of nitrogens with two attached hydrogens (primary N) is 5. The Labute approximate surface area is 357 Å². The Kier molecular flexibility index (Phi) is 23.1. The van der Waals surface area contributed by atoms with Crippen LogP contribution in [0.2, 0.25) is 0 Å². The first-order valence-electron chi connectivity index (χ1n) is 19.8. The van der Waals surface area contributed by atoms with Gasteiger partial charge in [-0.3, -0.25) is 43.2 Å². The van der Waals surface area contributed by atoms with Gasteiger partial charge in [0.25, 0.3) is 0 Å². The van der Waals surface area contributed by atoms with Crippen LogP contribution >= 0.6 is 0 Å². The van der Waals surface area contributed by atoms with Gasteiger partial charge in [-0.2, -0.15) is 0 Å². The van der Waals surface area contributed by atoms with Gasteiger partial charge in [0.2, 0.25) is 53.2 Å². The zero-order chi connectivity index (χ0) is 47.3. The van der Waals surface area contributed by atoms with E-state index < -0.39 is 133 Å². The predicted octanol–water partition coefficient (Wildman–Crippen LogP) is -5.17. The molecule has 1 rings (SSSR count). The minimum atomic E-state index is -1.79. The molecule has 1 aromatic carbocycles. The molecule has 19 N–H and O–H groups in total. The van der Waals surface area contributed by atoms with E-state index in [2.05, 4.69) is 31.9 Å². The fourth-order valence-corrected chi connectivity index (χ4v) is 5.75. The van der Waals surface area contributed by atoms with Gasteiger partial charge in [-0.15, -0.1) is 0 Å². The van der Waals surface area contributed by atoms with E-state index in [0.29, 0.717) is 24.9 Å².